The fourth-order valence-corrected chi connectivity index (χ4v) is 2.11. The van der Waals surface area contributed by atoms with Gasteiger partial charge in [-0.15, -0.1) is 0 Å². The van der Waals surface area contributed by atoms with Crippen molar-refractivity contribution in [3.05, 3.63) is 59.3 Å². The first-order chi connectivity index (χ1) is 15.1. The Kier molecular flexibility index (Phi) is 1.87. The molecule has 0 bridgehead atoms. The summed E-state index contributed by atoms with van der Waals surface area (Å²) in [6.45, 7) is -5.24. The highest BCUT2D eigenvalue weighted by molar-refractivity contribution is 5.81. The molecule has 0 aliphatic carbocycles. The Morgan fingerprint density at radius 3 is 2.65 bits per heavy atom. The average molecular weight is 317 g/mol. The van der Waals surface area contributed by atoms with Gasteiger partial charge in [-0.05, 0) is 25.3 Å². The number of aryl methyl sites for hydroxylation is 1. The van der Waals surface area contributed by atoms with E-state index in [4.69, 9.17) is 13.7 Å². The predicted octanol–water partition coefficient (Wildman–Crippen LogP) is 3.25. The number of carbonyl (C=O) groups excluding carboxylic acids is 1. The van der Waals surface area contributed by atoms with Crippen LogP contribution in [0.15, 0.2) is 42.5 Å². The van der Waals surface area contributed by atoms with Gasteiger partial charge < -0.3 is 9.30 Å². The molecule has 4 nitrogen and oxygen atoms in total. The summed E-state index contributed by atoms with van der Waals surface area (Å²) in [5.41, 5.74) is -0.685. The molecule has 118 valence electrons. The van der Waals surface area contributed by atoms with Crippen LogP contribution in [0, 0.1) is 13.7 Å². The number of likely N-dealkylation sites (N-methyl/N-ethyl adjacent to an activating group) is 1. The minimum Gasteiger partial charge on any atom is -0.348 e. The Morgan fingerprint density at radius 2 is 2.00 bits per heavy atom. The molecule has 3 rings (SSSR count). The van der Waals surface area contributed by atoms with Crippen LogP contribution in [0.1, 0.15) is 30.5 Å². The summed E-state index contributed by atoms with van der Waals surface area (Å²) in [5.74, 6) is -0.673. The zero-order chi connectivity index (χ0) is 25.0. The maximum Gasteiger partial charge on any atom is 0.228 e. The highest BCUT2D eigenvalue weighted by Gasteiger charge is 2.18. The number of benzene rings is 1. The number of fused-ring (bicyclic) bond motifs is 1. The fraction of sp³-hybridized carbons (Fsp3) is 0.263. The summed E-state index contributed by atoms with van der Waals surface area (Å²) < 4.78 is 80.1. The molecule has 2 heterocycles. The van der Waals surface area contributed by atoms with Crippen molar-refractivity contribution in [2.75, 3.05) is 14.1 Å². The van der Waals surface area contributed by atoms with E-state index in [9.17, 15) is 4.79 Å². The van der Waals surface area contributed by atoms with E-state index in [0.29, 0.717) is 5.56 Å². The number of hydrogen-bond donors (Lipinski definition) is 0. The number of hydrogen-bond acceptors (Lipinski definition) is 2. The number of aromatic nitrogens is 2. The van der Waals surface area contributed by atoms with Crippen LogP contribution in [-0.4, -0.2) is 34.3 Å². The van der Waals surface area contributed by atoms with E-state index in [2.05, 4.69) is 4.98 Å². The van der Waals surface area contributed by atoms with E-state index in [0.717, 1.165) is 9.30 Å². The molecule has 3 aromatic rings. The lowest BCUT2D eigenvalue weighted by molar-refractivity contribution is -0.128. The van der Waals surface area contributed by atoms with E-state index in [-0.39, 0.29) is 22.6 Å². The summed E-state index contributed by atoms with van der Waals surface area (Å²) in [6.07, 6.45) is -2.29. The van der Waals surface area contributed by atoms with Crippen LogP contribution in [0.2, 0.25) is 0 Å². The smallest absolute Gasteiger partial charge is 0.228 e. The van der Waals surface area contributed by atoms with Crippen molar-refractivity contribution >= 4 is 11.6 Å². The van der Waals surface area contributed by atoms with Crippen molar-refractivity contribution < 1.29 is 18.5 Å². The third-order valence-electron chi connectivity index (χ3n) is 3.30. The molecular formula is C19H21N3O. The zero-order valence-corrected chi connectivity index (χ0v) is 12.6. The summed E-state index contributed by atoms with van der Waals surface area (Å²) >= 11 is 0. The topological polar surface area (TPSA) is 37.6 Å². The van der Waals surface area contributed by atoms with Gasteiger partial charge in [0.1, 0.15) is 5.65 Å². The lowest BCUT2D eigenvalue weighted by Gasteiger charge is -2.11. The normalized spacial score (nSPS) is 19.7. The monoisotopic (exact) mass is 317 g/mol. The molecule has 0 N–H and O–H groups in total. The van der Waals surface area contributed by atoms with Crippen molar-refractivity contribution in [3.8, 4) is 11.3 Å². The lowest BCUT2D eigenvalue weighted by Crippen LogP contribution is -2.24. The van der Waals surface area contributed by atoms with E-state index < -0.39 is 49.8 Å². The molecule has 0 fully saturated rings. The van der Waals surface area contributed by atoms with Crippen molar-refractivity contribution in [2.45, 2.75) is 20.1 Å². The average Bonchev–Trinajstić information content (AvgIpc) is 3.10. The molecule has 2 aromatic heterocycles. The Hall–Kier alpha value is -2.62. The van der Waals surface area contributed by atoms with Crippen LogP contribution in [-0.2, 0) is 11.2 Å². The molecule has 0 aliphatic rings. The molecule has 0 radical (unpaired) electrons. The predicted molar refractivity (Wildman–Crippen MR) is 92.5 cm³/mol. The van der Waals surface area contributed by atoms with E-state index in [1.807, 2.05) is 0 Å². The molecular weight excluding hydrogens is 286 g/mol. The van der Waals surface area contributed by atoms with E-state index in [1.165, 1.54) is 38.4 Å². The lowest BCUT2D eigenvalue weighted by atomic mass is 10.1. The first kappa shape index (κ1) is 7.30. The van der Waals surface area contributed by atoms with Gasteiger partial charge in [-0.1, -0.05) is 35.9 Å². The molecule has 0 saturated heterocycles. The first-order valence-corrected chi connectivity index (χ1v) is 6.84. The van der Waals surface area contributed by atoms with Gasteiger partial charge in [-0.2, -0.15) is 0 Å². The first-order valence-electron chi connectivity index (χ1n) is 11.9. The summed E-state index contributed by atoms with van der Waals surface area (Å²) in [5, 5.41) is 0. The minimum atomic E-state index is -2.88. The second-order valence-electron chi connectivity index (χ2n) is 5.20. The van der Waals surface area contributed by atoms with Gasteiger partial charge in [-0.3, -0.25) is 4.79 Å². The van der Waals surface area contributed by atoms with Gasteiger partial charge in [0.15, 0.2) is 0 Å². The van der Waals surface area contributed by atoms with Crippen molar-refractivity contribution in [2.24, 2.45) is 0 Å². The number of carbonyl (C=O) groups is 1. The summed E-state index contributed by atoms with van der Waals surface area (Å²) in [7, 11) is 2.87. The molecule has 1 unspecified atom stereocenters. The van der Waals surface area contributed by atoms with Crippen LogP contribution >= 0.6 is 0 Å². The molecule has 23 heavy (non-hydrogen) atoms. The highest BCUT2D eigenvalue weighted by Crippen LogP contribution is 2.26. The van der Waals surface area contributed by atoms with E-state index in [1.54, 1.807) is 0 Å². The van der Waals surface area contributed by atoms with E-state index >= 15 is 0 Å². The molecule has 1 atom stereocenters. The number of imidazole rings is 1. The molecule has 0 spiro atoms. The standard InChI is InChI=1S/C19H21N3O/c1-13-5-8-15(9-6-13)19-16(11-18(23)21(3)4)22-12-14(2)7-10-17(22)20-19/h5-10,12H,11H2,1-4H3/i1D3,2D3,7D,10D,11D,12D. The Balaban J connectivity index is 2.43. The van der Waals surface area contributed by atoms with Crippen LogP contribution in [0.25, 0.3) is 16.9 Å². The minimum absolute atomic E-state index is 0.0198. The second-order valence-corrected chi connectivity index (χ2v) is 5.20. The van der Waals surface area contributed by atoms with Crippen LogP contribution in [0.3, 0.4) is 0 Å². The van der Waals surface area contributed by atoms with Gasteiger partial charge in [-0.25, -0.2) is 4.98 Å². The van der Waals surface area contributed by atoms with Crippen LogP contribution in [0.5, 0.6) is 0 Å². The summed E-state index contributed by atoms with van der Waals surface area (Å²) in [6, 6.07) is 4.30. The van der Waals surface area contributed by atoms with Crippen LogP contribution in [0.4, 0.5) is 0 Å². The Bertz CT molecular complexity index is 1230. The number of nitrogens with zero attached hydrogens (tertiary/aromatic N) is 3. The quantitative estimate of drug-likeness (QED) is 0.743. The highest BCUT2D eigenvalue weighted by atomic mass is 16.2. The number of rotatable bonds is 3. The fourth-order valence-electron chi connectivity index (χ4n) is 2.11. The van der Waals surface area contributed by atoms with Crippen molar-refractivity contribution in [1.29, 1.82) is 0 Å². The molecule has 1 aromatic carbocycles. The third kappa shape index (κ3) is 2.97. The van der Waals surface area contributed by atoms with Crippen molar-refractivity contribution in [1.82, 2.24) is 14.3 Å². The SMILES string of the molecule is [2H]c1c(C([2H])([2H])[2H])c([2H])n2c(C([2H])C(=O)N(C)C)c(-c3ccc(C([2H])([2H])[2H])cc3)nc2c1[2H]. The molecule has 1 amide bonds. The Morgan fingerprint density at radius 1 is 1.26 bits per heavy atom. The van der Waals surface area contributed by atoms with Gasteiger partial charge in [0.05, 0.1) is 21.9 Å². The second kappa shape index (κ2) is 5.88. The Labute approximate surface area is 150 Å². The molecule has 0 saturated carbocycles. The van der Waals surface area contributed by atoms with Gasteiger partial charge in [0.25, 0.3) is 0 Å². The third-order valence-corrected chi connectivity index (χ3v) is 3.30. The molecule has 4 heteroatoms. The van der Waals surface area contributed by atoms with Gasteiger partial charge in [0, 0.05) is 35.4 Å². The van der Waals surface area contributed by atoms with Crippen molar-refractivity contribution in [3.63, 3.8) is 0 Å². The largest absolute Gasteiger partial charge is 0.348 e. The molecule has 0 aliphatic heterocycles. The summed E-state index contributed by atoms with van der Waals surface area (Å²) in [4.78, 5) is 18.1. The maximum atomic E-state index is 12.7. The van der Waals surface area contributed by atoms with Gasteiger partial charge in [0.2, 0.25) is 5.91 Å². The zero-order valence-electron chi connectivity index (χ0n) is 22.6. The number of amides is 1. The van der Waals surface area contributed by atoms with Crippen LogP contribution < -0.4 is 0 Å². The van der Waals surface area contributed by atoms with Gasteiger partial charge >= 0.3 is 0 Å². The maximum absolute atomic E-state index is 12.7. The number of pyridine rings is 1.